The van der Waals surface area contributed by atoms with Crippen molar-refractivity contribution in [3.63, 3.8) is 0 Å². The minimum atomic E-state index is -1.14. The number of carbonyl (C=O) groups excluding carboxylic acids is 1. The van der Waals surface area contributed by atoms with Crippen LogP contribution in [-0.4, -0.2) is 28.0 Å². The molecule has 0 aromatic carbocycles. The number of hydrogen-bond donors (Lipinski definition) is 2. The fourth-order valence-corrected chi connectivity index (χ4v) is 2.24. The molecule has 2 rings (SSSR count). The summed E-state index contributed by atoms with van der Waals surface area (Å²) in [6, 6.07) is 3.48. The van der Waals surface area contributed by atoms with Gasteiger partial charge >= 0.3 is 5.97 Å². The molecule has 0 bridgehead atoms. The number of hydrogen-bond acceptors (Lipinski definition) is 5. The molecule has 7 heteroatoms. The van der Waals surface area contributed by atoms with Crippen molar-refractivity contribution in [1.82, 2.24) is 10.3 Å². The lowest BCUT2D eigenvalue weighted by Crippen LogP contribution is -2.34. The third-order valence-electron chi connectivity index (χ3n) is 2.38. The first-order valence-electron chi connectivity index (χ1n) is 5.58. The first-order chi connectivity index (χ1) is 9.06. The molecule has 0 radical (unpaired) electrons. The summed E-state index contributed by atoms with van der Waals surface area (Å²) < 4.78 is 5.18. The Labute approximate surface area is 113 Å². The molecule has 6 nitrogen and oxygen atoms in total. The van der Waals surface area contributed by atoms with E-state index in [2.05, 4.69) is 10.3 Å². The SMILES string of the molecule is CC(Cc1ccco1)NC(=O)c1nc(C(=O)O)cs1. The van der Waals surface area contributed by atoms with Crippen LogP contribution in [0, 0.1) is 0 Å². The van der Waals surface area contributed by atoms with Crippen LogP contribution < -0.4 is 5.32 Å². The summed E-state index contributed by atoms with van der Waals surface area (Å²) in [5.41, 5.74) is -0.117. The highest BCUT2D eigenvalue weighted by Crippen LogP contribution is 2.10. The second-order valence-electron chi connectivity index (χ2n) is 4.00. The summed E-state index contributed by atoms with van der Waals surface area (Å²) in [5, 5.41) is 13.0. The second-order valence-corrected chi connectivity index (χ2v) is 4.86. The molecule has 2 N–H and O–H groups in total. The molecule has 0 fully saturated rings. The lowest BCUT2D eigenvalue weighted by molar-refractivity contribution is 0.0691. The molecule has 0 aliphatic heterocycles. The predicted molar refractivity (Wildman–Crippen MR) is 68.4 cm³/mol. The van der Waals surface area contributed by atoms with Crippen molar-refractivity contribution < 1.29 is 19.1 Å². The van der Waals surface area contributed by atoms with Gasteiger partial charge in [0.2, 0.25) is 0 Å². The van der Waals surface area contributed by atoms with Gasteiger partial charge in [-0.05, 0) is 19.1 Å². The van der Waals surface area contributed by atoms with E-state index in [4.69, 9.17) is 9.52 Å². The van der Waals surface area contributed by atoms with Crippen molar-refractivity contribution in [3.05, 3.63) is 40.2 Å². The number of carboxylic acids is 1. The van der Waals surface area contributed by atoms with Crippen LogP contribution >= 0.6 is 11.3 Å². The van der Waals surface area contributed by atoms with E-state index >= 15 is 0 Å². The lowest BCUT2D eigenvalue weighted by atomic mass is 10.2. The first-order valence-corrected chi connectivity index (χ1v) is 6.46. The molecule has 0 aliphatic rings. The van der Waals surface area contributed by atoms with Crippen LogP contribution in [0.25, 0.3) is 0 Å². The number of furan rings is 1. The van der Waals surface area contributed by atoms with Crippen LogP contribution in [0.5, 0.6) is 0 Å². The standard InChI is InChI=1S/C12H12N2O4S/c1-7(5-8-3-2-4-18-8)13-10(15)11-14-9(6-19-11)12(16)17/h2-4,6-7H,5H2,1H3,(H,13,15)(H,16,17). The van der Waals surface area contributed by atoms with Gasteiger partial charge in [-0.3, -0.25) is 4.79 Å². The topological polar surface area (TPSA) is 92.4 Å². The minimum Gasteiger partial charge on any atom is -0.476 e. The Morgan fingerprint density at radius 1 is 1.58 bits per heavy atom. The molecule has 2 aromatic rings. The number of thiazole rings is 1. The summed E-state index contributed by atoms with van der Waals surface area (Å²) in [7, 11) is 0. The number of carbonyl (C=O) groups is 2. The maximum absolute atomic E-state index is 11.8. The summed E-state index contributed by atoms with van der Waals surface area (Å²) >= 11 is 1.01. The molecule has 2 heterocycles. The van der Waals surface area contributed by atoms with E-state index in [1.54, 1.807) is 12.3 Å². The quantitative estimate of drug-likeness (QED) is 0.871. The van der Waals surface area contributed by atoms with Crippen molar-refractivity contribution in [1.29, 1.82) is 0 Å². The summed E-state index contributed by atoms with van der Waals surface area (Å²) in [6.07, 6.45) is 2.14. The van der Waals surface area contributed by atoms with E-state index in [-0.39, 0.29) is 22.7 Å². The van der Waals surface area contributed by atoms with Crippen molar-refractivity contribution in [2.45, 2.75) is 19.4 Å². The van der Waals surface area contributed by atoms with Crippen molar-refractivity contribution >= 4 is 23.2 Å². The number of rotatable bonds is 5. The molecule has 100 valence electrons. The van der Waals surface area contributed by atoms with Gasteiger partial charge < -0.3 is 14.8 Å². The maximum atomic E-state index is 11.8. The van der Waals surface area contributed by atoms with E-state index in [0.717, 1.165) is 17.1 Å². The fourth-order valence-electron chi connectivity index (χ4n) is 1.54. The Morgan fingerprint density at radius 2 is 2.37 bits per heavy atom. The number of aromatic nitrogens is 1. The molecule has 0 saturated carbocycles. The van der Waals surface area contributed by atoms with Crippen molar-refractivity contribution in [2.24, 2.45) is 0 Å². The second kappa shape index (κ2) is 5.66. The zero-order chi connectivity index (χ0) is 13.8. The molecular formula is C12H12N2O4S. The van der Waals surface area contributed by atoms with Crippen LogP contribution in [0.4, 0.5) is 0 Å². The van der Waals surface area contributed by atoms with E-state index in [0.29, 0.717) is 6.42 Å². The van der Waals surface area contributed by atoms with Gasteiger partial charge in [0.25, 0.3) is 5.91 Å². The number of nitrogens with zero attached hydrogens (tertiary/aromatic N) is 1. The largest absolute Gasteiger partial charge is 0.476 e. The highest BCUT2D eigenvalue weighted by molar-refractivity contribution is 7.11. The van der Waals surface area contributed by atoms with E-state index in [9.17, 15) is 9.59 Å². The summed E-state index contributed by atoms with van der Waals surface area (Å²) in [4.78, 5) is 26.2. The average Bonchev–Trinajstić information content (AvgIpc) is 2.98. The Morgan fingerprint density at radius 3 is 2.95 bits per heavy atom. The lowest BCUT2D eigenvalue weighted by Gasteiger charge is -2.10. The smallest absolute Gasteiger partial charge is 0.355 e. The van der Waals surface area contributed by atoms with E-state index < -0.39 is 5.97 Å². The van der Waals surface area contributed by atoms with Crippen LogP contribution in [0.3, 0.4) is 0 Å². The zero-order valence-corrected chi connectivity index (χ0v) is 10.9. The normalized spacial score (nSPS) is 12.1. The average molecular weight is 280 g/mol. The van der Waals surface area contributed by atoms with Gasteiger partial charge in [0.1, 0.15) is 5.76 Å². The van der Waals surface area contributed by atoms with E-state index in [1.165, 1.54) is 5.38 Å². The molecule has 19 heavy (non-hydrogen) atoms. The molecule has 0 aliphatic carbocycles. The predicted octanol–water partition coefficient (Wildman–Crippen LogP) is 1.80. The summed E-state index contributed by atoms with van der Waals surface area (Å²) in [5.74, 6) is -0.742. The zero-order valence-electron chi connectivity index (χ0n) is 10.1. The molecule has 0 saturated heterocycles. The highest BCUT2D eigenvalue weighted by atomic mass is 32.1. The third kappa shape index (κ3) is 3.41. The molecule has 0 spiro atoms. The van der Waals surface area contributed by atoms with Gasteiger partial charge in [0.15, 0.2) is 10.7 Å². The van der Waals surface area contributed by atoms with Gasteiger partial charge in [0, 0.05) is 17.8 Å². The minimum absolute atomic E-state index is 0.117. The molecular weight excluding hydrogens is 268 g/mol. The van der Waals surface area contributed by atoms with Gasteiger partial charge in [-0.15, -0.1) is 11.3 Å². The number of amides is 1. The Bertz CT molecular complexity index is 576. The number of aromatic carboxylic acids is 1. The molecule has 1 atom stereocenters. The molecule has 1 amide bonds. The number of carboxylic acid groups (broad SMARTS) is 1. The van der Waals surface area contributed by atoms with Gasteiger partial charge in [0.05, 0.1) is 6.26 Å². The number of nitrogens with one attached hydrogen (secondary N) is 1. The molecule has 2 aromatic heterocycles. The third-order valence-corrected chi connectivity index (χ3v) is 3.22. The van der Waals surface area contributed by atoms with Crippen LogP contribution in [0.2, 0.25) is 0 Å². The van der Waals surface area contributed by atoms with Crippen LogP contribution in [0.1, 0.15) is 33.0 Å². The van der Waals surface area contributed by atoms with Crippen molar-refractivity contribution in [2.75, 3.05) is 0 Å². The maximum Gasteiger partial charge on any atom is 0.355 e. The van der Waals surface area contributed by atoms with Crippen LogP contribution in [0.15, 0.2) is 28.2 Å². The Balaban J connectivity index is 1.94. The van der Waals surface area contributed by atoms with Gasteiger partial charge in [-0.25, -0.2) is 9.78 Å². The monoisotopic (exact) mass is 280 g/mol. The van der Waals surface area contributed by atoms with Crippen molar-refractivity contribution in [3.8, 4) is 0 Å². The van der Waals surface area contributed by atoms with Gasteiger partial charge in [-0.1, -0.05) is 0 Å². The van der Waals surface area contributed by atoms with E-state index in [1.807, 2.05) is 13.0 Å². The van der Waals surface area contributed by atoms with Gasteiger partial charge in [-0.2, -0.15) is 0 Å². The summed E-state index contributed by atoms with van der Waals surface area (Å²) in [6.45, 7) is 1.84. The Kier molecular flexibility index (Phi) is 3.96. The fraction of sp³-hybridized carbons (Fsp3) is 0.250. The Hall–Kier alpha value is -2.15. The molecule has 1 unspecified atom stereocenters. The highest BCUT2D eigenvalue weighted by Gasteiger charge is 2.17. The van der Waals surface area contributed by atoms with Crippen LogP contribution in [-0.2, 0) is 6.42 Å². The first kappa shape index (κ1) is 13.3.